The maximum Gasteiger partial charge on any atom is 0.244 e. The molecule has 1 saturated heterocycles. The van der Waals surface area contributed by atoms with Crippen LogP contribution in [0.3, 0.4) is 0 Å². The van der Waals surface area contributed by atoms with Gasteiger partial charge in [-0.05, 0) is 25.5 Å². The molecule has 1 aliphatic heterocycles. The van der Waals surface area contributed by atoms with Crippen molar-refractivity contribution in [3.63, 3.8) is 0 Å². The van der Waals surface area contributed by atoms with Gasteiger partial charge in [-0.3, -0.25) is 0 Å². The summed E-state index contributed by atoms with van der Waals surface area (Å²) in [6.45, 7) is 7.90. The Morgan fingerprint density at radius 1 is 1.13 bits per heavy atom. The van der Waals surface area contributed by atoms with Crippen LogP contribution >= 0.6 is 0 Å². The lowest BCUT2D eigenvalue weighted by molar-refractivity contribution is 0.638. The van der Waals surface area contributed by atoms with Crippen molar-refractivity contribution in [1.82, 2.24) is 20.2 Å². The van der Waals surface area contributed by atoms with Gasteiger partial charge in [0.1, 0.15) is 5.82 Å². The fourth-order valence-corrected chi connectivity index (χ4v) is 2.54. The molecule has 0 radical (unpaired) electrons. The van der Waals surface area contributed by atoms with E-state index >= 15 is 0 Å². The van der Waals surface area contributed by atoms with E-state index in [9.17, 15) is 0 Å². The van der Waals surface area contributed by atoms with Gasteiger partial charge in [0.15, 0.2) is 5.82 Å². The van der Waals surface area contributed by atoms with Crippen LogP contribution in [0.2, 0.25) is 0 Å². The maximum absolute atomic E-state index is 4.59. The highest BCUT2D eigenvalue weighted by atomic mass is 15.3. The lowest BCUT2D eigenvalue weighted by Gasteiger charge is -2.35. The second kappa shape index (κ2) is 7.21. The highest BCUT2D eigenvalue weighted by Crippen LogP contribution is 2.17. The molecule has 0 saturated carbocycles. The summed E-state index contributed by atoms with van der Waals surface area (Å²) in [6.07, 6.45) is 4.59. The van der Waals surface area contributed by atoms with Crippen LogP contribution in [0.4, 0.5) is 17.6 Å². The Labute approximate surface area is 136 Å². The van der Waals surface area contributed by atoms with Crippen LogP contribution in [-0.2, 0) is 0 Å². The van der Waals surface area contributed by atoms with E-state index in [4.69, 9.17) is 0 Å². The summed E-state index contributed by atoms with van der Waals surface area (Å²) in [5.74, 6) is 2.52. The molecule has 1 N–H and O–H groups in total. The van der Waals surface area contributed by atoms with E-state index < -0.39 is 0 Å². The number of pyridine rings is 1. The molecule has 2 aromatic heterocycles. The van der Waals surface area contributed by atoms with Crippen LogP contribution in [0.15, 0.2) is 30.6 Å². The molecule has 1 fully saturated rings. The number of anilines is 3. The zero-order valence-corrected chi connectivity index (χ0v) is 13.7. The first-order chi connectivity index (χ1) is 11.3. The molecule has 122 valence electrons. The topological polar surface area (TPSA) is 70.1 Å². The van der Waals surface area contributed by atoms with E-state index in [2.05, 4.69) is 55.2 Å². The standard InChI is InChI=1S/C16H23N7/c1-3-13(2)19-16-20-15(12-18-21-16)23-10-8-22(9-11-23)14-6-4-5-7-17-14/h4-7,12-13H,3,8-11H2,1-2H3,(H,19,20,21). The van der Waals surface area contributed by atoms with Crippen LogP contribution in [0.5, 0.6) is 0 Å². The Morgan fingerprint density at radius 3 is 2.52 bits per heavy atom. The summed E-state index contributed by atoms with van der Waals surface area (Å²) in [6, 6.07) is 6.36. The number of hydrogen-bond acceptors (Lipinski definition) is 7. The number of rotatable bonds is 5. The summed E-state index contributed by atoms with van der Waals surface area (Å²) in [5, 5.41) is 11.4. The third kappa shape index (κ3) is 3.85. The van der Waals surface area contributed by atoms with E-state index in [1.54, 1.807) is 6.20 Å². The van der Waals surface area contributed by atoms with Gasteiger partial charge in [0.2, 0.25) is 5.95 Å². The average Bonchev–Trinajstić information content (AvgIpc) is 2.63. The second-order valence-electron chi connectivity index (χ2n) is 5.75. The molecule has 0 spiro atoms. The fraction of sp³-hybridized carbons (Fsp3) is 0.500. The number of hydrogen-bond donors (Lipinski definition) is 1. The minimum Gasteiger partial charge on any atom is -0.353 e. The molecular formula is C16H23N7. The molecular weight excluding hydrogens is 290 g/mol. The monoisotopic (exact) mass is 313 g/mol. The SMILES string of the molecule is CCC(C)Nc1nncc(N2CCN(c3ccccn3)CC2)n1. The van der Waals surface area contributed by atoms with Crippen molar-refractivity contribution in [1.29, 1.82) is 0 Å². The zero-order valence-electron chi connectivity index (χ0n) is 13.7. The minimum absolute atomic E-state index is 0.341. The molecule has 0 bridgehead atoms. The second-order valence-corrected chi connectivity index (χ2v) is 5.75. The van der Waals surface area contributed by atoms with E-state index in [1.165, 1.54) is 0 Å². The van der Waals surface area contributed by atoms with Gasteiger partial charge in [0.05, 0.1) is 6.20 Å². The molecule has 1 aliphatic rings. The summed E-state index contributed by atoms with van der Waals surface area (Å²) >= 11 is 0. The lowest BCUT2D eigenvalue weighted by atomic mass is 10.3. The van der Waals surface area contributed by atoms with Crippen molar-refractivity contribution in [3.05, 3.63) is 30.6 Å². The van der Waals surface area contributed by atoms with Crippen molar-refractivity contribution < 1.29 is 0 Å². The molecule has 3 rings (SSSR count). The van der Waals surface area contributed by atoms with Gasteiger partial charge in [-0.25, -0.2) is 4.98 Å². The van der Waals surface area contributed by atoms with Gasteiger partial charge in [0.25, 0.3) is 0 Å². The number of nitrogens with zero attached hydrogens (tertiary/aromatic N) is 6. The van der Waals surface area contributed by atoms with Gasteiger partial charge in [-0.2, -0.15) is 10.1 Å². The van der Waals surface area contributed by atoms with E-state index in [-0.39, 0.29) is 0 Å². The molecule has 7 heteroatoms. The minimum atomic E-state index is 0.341. The lowest BCUT2D eigenvalue weighted by Crippen LogP contribution is -2.47. The quantitative estimate of drug-likeness (QED) is 0.902. The molecule has 2 aromatic rings. The zero-order chi connectivity index (χ0) is 16.1. The van der Waals surface area contributed by atoms with Crippen LogP contribution < -0.4 is 15.1 Å². The Morgan fingerprint density at radius 2 is 1.87 bits per heavy atom. The molecule has 7 nitrogen and oxygen atoms in total. The molecule has 1 unspecified atom stereocenters. The van der Waals surface area contributed by atoms with Crippen LogP contribution in [0.25, 0.3) is 0 Å². The third-order valence-corrected chi connectivity index (χ3v) is 4.11. The van der Waals surface area contributed by atoms with Crippen LogP contribution in [0.1, 0.15) is 20.3 Å². The average molecular weight is 313 g/mol. The summed E-state index contributed by atoms with van der Waals surface area (Å²) < 4.78 is 0. The molecule has 3 heterocycles. The fourth-order valence-electron chi connectivity index (χ4n) is 2.54. The number of piperazine rings is 1. The van der Waals surface area contributed by atoms with Crippen molar-refractivity contribution >= 4 is 17.6 Å². The van der Waals surface area contributed by atoms with Gasteiger partial charge < -0.3 is 15.1 Å². The van der Waals surface area contributed by atoms with E-state index in [0.29, 0.717) is 12.0 Å². The Bertz CT molecular complexity index is 611. The Hall–Kier alpha value is -2.44. The van der Waals surface area contributed by atoms with E-state index in [1.807, 2.05) is 18.3 Å². The molecule has 0 amide bonds. The number of nitrogens with one attached hydrogen (secondary N) is 1. The largest absolute Gasteiger partial charge is 0.353 e. The molecule has 0 aromatic carbocycles. The molecule has 23 heavy (non-hydrogen) atoms. The van der Waals surface area contributed by atoms with Gasteiger partial charge in [0, 0.05) is 38.4 Å². The van der Waals surface area contributed by atoms with Crippen LogP contribution in [-0.4, -0.2) is 52.4 Å². The normalized spacial score (nSPS) is 16.3. The van der Waals surface area contributed by atoms with Gasteiger partial charge in [-0.15, -0.1) is 5.10 Å². The van der Waals surface area contributed by atoms with Crippen molar-refractivity contribution in [2.24, 2.45) is 0 Å². The summed E-state index contributed by atoms with van der Waals surface area (Å²) in [7, 11) is 0. The van der Waals surface area contributed by atoms with Crippen molar-refractivity contribution in [2.45, 2.75) is 26.3 Å². The predicted octanol–water partition coefficient (Wildman–Crippen LogP) is 1.80. The van der Waals surface area contributed by atoms with Crippen molar-refractivity contribution in [3.8, 4) is 0 Å². The first-order valence-electron chi connectivity index (χ1n) is 8.13. The molecule has 1 atom stereocenters. The predicted molar refractivity (Wildman–Crippen MR) is 91.9 cm³/mol. The summed E-state index contributed by atoms with van der Waals surface area (Å²) in [4.78, 5) is 13.5. The third-order valence-electron chi connectivity index (χ3n) is 4.11. The van der Waals surface area contributed by atoms with E-state index in [0.717, 1.165) is 44.2 Å². The number of aromatic nitrogens is 4. The highest BCUT2D eigenvalue weighted by molar-refractivity contribution is 5.45. The van der Waals surface area contributed by atoms with Gasteiger partial charge >= 0.3 is 0 Å². The highest BCUT2D eigenvalue weighted by Gasteiger charge is 2.19. The smallest absolute Gasteiger partial charge is 0.244 e. The first kappa shape index (κ1) is 15.5. The summed E-state index contributed by atoms with van der Waals surface area (Å²) in [5.41, 5.74) is 0. The molecule has 0 aliphatic carbocycles. The van der Waals surface area contributed by atoms with Crippen molar-refractivity contribution in [2.75, 3.05) is 41.3 Å². The Kier molecular flexibility index (Phi) is 4.85. The van der Waals surface area contributed by atoms with Crippen LogP contribution in [0, 0.1) is 0 Å². The first-order valence-corrected chi connectivity index (χ1v) is 8.13. The maximum atomic E-state index is 4.59. The Balaban J connectivity index is 1.62. The van der Waals surface area contributed by atoms with Gasteiger partial charge in [-0.1, -0.05) is 13.0 Å².